The van der Waals surface area contributed by atoms with Crippen molar-refractivity contribution in [1.29, 1.82) is 0 Å². The van der Waals surface area contributed by atoms with Crippen LogP contribution in [0, 0.1) is 0 Å². The number of hydrogen-bond acceptors (Lipinski definition) is 6. The number of hydrogen-bond donors (Lipinski definition) is 2. The van der Waals surface area contributed by atoms with Gasteiger partial charge in [-0.25, -0.2) is 0 Å². The maximum atomic E-state index is 13.0. The molecule has 0 rings (SSSR count). The number of nitrogens with zero attached hydrogens (tertiary/aromatic N) is 1. The number of carbonyl (C=O) groups excluding carboxylic acids is 1. The Kier molecular flexibility index (Phi) is 55.5. The minimum absolute atomic E-state index is 0.000581. The quantitative estimate of drug-likeness (QED) is 0.0272. The number of phosphoric acid groups is 1. The third-order valence-corrected chi connectivity index (χ3v) is 15.8. The number of amides is 1. The molecule has 0 spiro atoms. The highest BCUT2D eigenvalue weighted by molar-refractivity contribution is 7.45. The third kappa shape index (κ3) is 58.4. The number of likely N-dealkylation sites (N-methyl/N-ethyl adjacent to an activating group) is 1. The Bertz CT molecular complexity index is 1300. The van der Waals surface area contributed by atoms with Gasteiger partial charge >= 0.3 is 0 Å². The van der Waals surface area contributed by atoms with E-state index in [2.05, 4.69) is 43.5 Å². The molecule has 0 heterocycles. The molecular formula is C65H127N2O6P. The predicted molar refractivity (Wildman–Crippen MR) is 321 cm³/mol. The van der Waals surface area contributed by atoms with Crippen molar-refractivity contribution in [3.05, 3.63) is 36.5 Å². The van der Waals surface area contributed by atoms with Gasteiger partial charge < -0.3 is 28.8 Å². The average Bonchev–Trinajstić information content (AvgIpc) is 3.36. The second-order valence-corrected chi connectivity index (χ2v) is 24.9. The van der Waals surface area contributed by atoms with Crippen molar-refractivity contribution in [2.75, 3.05) is 40.9 Å². The number of rotatable bonds is 60. The van der Waals surface area contributed by atoms with Gasteiger partial charge in [0.25, 0.3) is 7.82 Å². The second kappa shape index (κ2) is 56.4. The van der Waals surface area contributed by atoms with E-state index in [4.69, 9.17) is 9.05 Å². The van der Waals surface area contributed by atoms with Crippen LogP contribution in [0.4, 0.5) is 0 Å². The zero-order valence-corrected chi connectivity index (χ0v) is 51.0. The van der Waals surface area contributed by atoms with Crippen LogP contribution in [-0.2, 0) is 18.4 Å². The van der Waals surface area contributed by atoms with Crippen LogP contribution in [0.1, 0.15) is 322 Å². The zero-order valence-electron chi connectivity index (χ0n) is 50.1. The van der Waals surface area contributed by atoms with Crippen molar-refractivity contribution >= 4 is 13.7 Å². The van der Waals surface area contributed by atoms with Crippen molar-refractivity contribution in [1.82, 2.24) is 5.32 Å². The molecule has 0 fully saturated rings. The Balaban J connectivity index is 4.05. The molecule has 2 N–H and O–H groups in total. The fourth-order valence-electron chi connectivity index (χ4n) is 9.78. The number of carbonyl (C=O) groups is 1. The monoisotopic (exact) mass is 1060 g/mol. The number of aliphatic hydroxyl groups excluding tert-OH is 1. The van der Waals surface area contributed by atoms with Gasteiger partial charge in [0, 0.05) is 6.42 Å². The fourth-order valence-corrected chi connectivity index (χ4v) is 10.5. The van der Waals surface area contributed by atoms with E-state index < -0.39 is 20.0 Å². The van der Waals surface area contributed by atoms with Crippen LogP contribution >= 0.6 is 7.82 Å². The minimum Gasteiger partial charge on any atom is -0.756 e. The van der Waals surface area contributed by atoms with Crippen LogP contribution in [0.2, 0.25) is 0 Å². The van der Waals surface area contributed by atoms with Gasteiger partial charge in [0.2, 0.25) is 5.91 Å². The standard InChI is InChI=1S/C65H127N2O6P/c1-6-8-10-12-14-16-18-20-22-24-26-27-28-29-30-31-32-33-34-35-36-37-38-39-41-43-45-47-49-51-53-55-57-59-65(69)66-63(62-73-74(70,71)72-61-60-67(3,4)5)64(68)58-56-54-52-50-48-46-44-42-40-25-23-21-19-17-15-13-11-9-7-2/h26-27,29-30,56,58,63-64,68H,6-25,28,31-55,57,59-62H2,1-5H3,(H-,66,69,70,71)/b27-26-,30-29-,58-56+. The van der Waals surface area contributed by atoms with Crippen LogP contribution in [-0.4, -0.2) is 68.5 Å². The number of aliphatic hydroxyl groups is 1. The molecule has 438 valence electrons. The lowest BCUT2D eigenvalue weighted by molar-refractivity contribution is -0.870. The summed E-state index contributed by atoms with van der Waals surface area (Å²) in [6.07, 6.45) is 73.9. The molecule has 1 amide bonds. The summed E-state index contributed by atoms with van der Waals surface area (Å²) < 4.78 is 23.4. The van der Waals surface area contributed by atoms with Crippen LogP contribution in [0.25, 0.3) is 0 Å². The zero-order chi connectivity index (χ0) is 54.2. The van der Waals surface area contributed by atoms with Gasteiger partial charge in [0.05, 0.1) is 39.9 Å². The van der Waals surface area contributed by atoms with Crippen molar-refractivity contribution in [3.63, 3.8) is 0 Å². The molecule has 9 heteroatoms. The van der Waals surface area contributed by atoms with E-state index in [1.54, 1.807) is 6.08 Å². The van der Waals surface area contributed by atoms with E-state index in [9.17, 15) is 19.4 Å². The first-order valence-electron chi connectivity index (χ1n) is 32.4. The van der Waals surface area contributed by atoms with E-state index in [1.165, 1.54) is 257 Å². The second-order valence-electron chi connectivity index (χ2n) is 23.5. The van der Waals surface area contributed by atoms with Crippen LogP contribution in [0.15, 0.2) is 36.5 Å². The van der Waals surface area contributed by atoms with Crippen molar-refractivity contribution < 1.29 is 32.9 Å². The van der Waals surface area contributed by atoms with Gasteiger partial charge in [0.1, 0.15) is 13.2 Å². The molecule has 0 saturated carbocycles. The van der Waals surface area contributed by atoms with E-state index in [1.807, 2.05) is 27.2 Å². The SMILES string of the molecule is CCCCCCCCCCC/C=C\C/C=C\CCCCCCCCCCCCCCCCCCCC(=O)NC(COP(=O)([O-])OCC[N+](C)(C)C)C(O)/C=C/CCCCCCCCCCCCCCCCCCC. The first-order valence-corrected chi connectivity index (χ1v) is 33.8. The lowest BCUT2D eigenvalue weighted by atomic mass is 10.0. The molecule has 0 aromatic heterocycles. The van der Waals surface area contributed by atoms with Gasteiger partial charge in [-0.3, -0.25) is 9.36 Å². The Morgan fingerprint density at radius 1 is 0.473 bits per heavy atom. The topological polar surface area (TPSA) is 108 Å². The molecule has 0 bridgehead atoms. The maximum Gasteiger partial charge on any atom is 0.268 e. The Morgan fingerprint density at radius 2 is 0.784 bits per heavy atom. The molecule has 0 aliphatic carbocycles. The fraction of sp³-hybridized carbons (Fsp3) is 0.892. The van der Waals surface area contributed by atoms with E-state index in [0.29, 0.717) is 17.4 Å². The van der Waals surface area contributed by atoms with Crippen LogP contribution in [0.3, 0.4) is 0 Å². The van der Waals surface area contributed by atoms with E-state index >= 15 is 0 Å². The van der Waals surface area contributed by atoms with Crippen LogP contribution in [0.5, 0.6) is 0 Å². The van der Waals surface area contributed by atoms with Crippen molar-refractivity contribution in [3.8, 4) is 0 Å². The number of nitrogens with one attached hydrogen (secondary N) is 1. The Hall–Kier alpha value is -1.28. The molecule has 3 unspecified atom stereocenters. The van der Waals surface area contributed by atoms with Gasteiger partial charge in [-0.2, -0.15) is 0 Å². The smallest absolute Gasteiger partial charge is 0.268 e. The van der Waals surface area contributed by atoms with Crippen molar-refractivity contribution in [2.45, 2.75) is 334 Å². The normalized spacial score (nSPS) is 14.0. The molecule has 0 radical (unpaired) electrons. The molecule has 8 nitrogen and oxygen atoms in total. The number of unbranched alkanes of at least 4 members (excludes halogenated alkanes) is 43. The predicted octanol–water partition coefficient (Wildman–Crippen LogP) is 19.5. The summed E-state index contributed by atoms with van der Waals surface area (Å²) in [5, 5.41) is 13.9. The molecule has 74 heavy (non-hydrogen) atoms. The lowest BCUT2D eigenvalue weighted by Crippen LogP contribution is -2.45. The third-order valence-electron chi connectivity index (χ3n) is 14.8. The number of allylic oxidation sites excluding steroid dienone is 5. The summed E-state index contributed by atoms with van der Waals surface area (Å²) in [5.74, 6) is -0.192. The highest BCUT2D eigenvalue weighted by atomic mass is 31.2. The first-order chi connectivity index (χ1) is 36.0. The summed E-state index contributed by atoms with van der Waals surface area (Å²) in [4.78, 5) is 25.6. The highest BCUT2D eigenvalue weighted by Gasteiger charge is 2.23. The summed E-state index contributed by atoms with van der Waals surface area (Å²) in [7, 11) is 1.27. The summed E-state index contributed by atoms with van der Waals surface area (Å²) >= 11 is 0. The average molecular weight is 1060 g/mol. The van der Waals surface area contributed by atoms with E-state index in [-0.39, 0.29) is 19.1 Å². The summed E-state index contributed by atoms with van der Waals surface area (Å²) in [6.45, 7) is 4.69. The van der Waals surface area contributed by atoms with Gasteiger partial charge in [-0.1, -0.05) is 301 Å². The molecule has 0 aromatic rings. The van der Waals surface area contributed by atoms with Gasteiger partial charge in [-0.15, -0.1) is 0 Å². The maximum absolute atomic E-state index is 13.0. The molecule has 0 aliphatic heterocycles. The van der Waals surface area contributed by atoms with E-state index in [0.717, 1.165) is 44.9 Å². The number of phosphoric ester groups is 1. The van der Waals surface area contributed by atoms with Gasteiger partial charge in [0.15, 0.2) is 0 Å². The minimum atomic E-state index is -4.60. The molecular weight excluding hydrogens is 936 g/mol. The largest absolute Gasteiger partial charge is 0.756 e. The molecule has 3 atom stereocenters. The lowest BCUT2D eigenvalue weighted by Gasteiger charge is -2.29. The van der Waals surface area contributed by atoms with Gasteiger partial charge in [-0.05, 0) is 51.4 Å². The van der Waals surface area contributed by atoms with Crippen LogP contribution < -0.4 is 10.2 Å². The Morgan fingerprint density at radius 3 is 1.12 bits per heavy atom. The molecule has 0 saturated heterocycles. The highest BCUT2D eigenvalue weighted by Crippen LogP contribution is 2.38. The number of quaternary nitrogens is 1. The first kappa shape index (κ1) is 72.7. The summed E-state index contributed by atoms with van der Waals surface area (Å²) in [6, 6.07) is -0.886. The summed E-state index contributed by atoms with van der Waals surface area (Å²) in [5.41, 5.74) is 0. The Labute approximate surface area is 461 Å². The van der Waals surface area contributed by atoms with Crippen molar-refractivity contribution in [2.24, 2.45) is 0 Å². The molecule has 0 aliphatic rings. The molecule has 0 aromatic carbocycles.